The first-order valence-electron chi connectivity index (χ1n) is 4.86. The van der Waals surface area contributed by atoms with Crippen LogP contribution in [0.15, 0.2) is 23.6 Å². The van der Waals surface area contributed by atoms with Gasteiger partial charge in [-0.2, -0.15) is 0 Å². The fourth-order valence-electron chi connectivity index (χ4n) is 1.59. The molecule has 0 fully saturated rings. The first kappa shape index (κ1) is 11.2. The van der Waals surface area contributed by atoms with E-state index in [9.17, 15) is 8.78 Å². The maximum Gasteiger partial charge on any atom is 0.166 e. The lowest BCUT2D eigenvalue weighted by Crippen LogP contribution is -1.98. The normalized spacial score (nSPS) is 10.8. The van der Waals surface area contributed by atoms with Crippen molar-refractivity contribution in [1.82, 2.24) is 0 Å². The van der Waals surface area contributed by atoms with Crippen molar-refractivity contribution in [2.75, 3.05) is 0 Å². The van der Waals surface area contributed by atoms with E-state index in [1.54, 1.807) is 25.1 Å². The summed E-state index contributed by atoms with van der Waals surface area (Å²) in [5, 5.41) is 1.83. The highest BCUT2D eigenvalue weighted by atomic mass is 32.1. The molecule has 0 aliphatic heterocycles. The molecule has 0 aliphatic carbocycles. The molecule has 0 radical (unpaired) electrons. The molecule has 0 spiro atoms. The smallest absolute Gasteiger partial charge is 0.166 e. The summed E-state index contributed by atoms with van der Waals surface area (Å²) in [6.07, 6.45) is 0. The zero-order chi connectivity index (χ0) is 11.7. The van der Waals surface area contributed by atoms with Crippen LogP contribution in [0.3, 0.4) is 0 Å². The summed E-state index contributed by atoms with van der Waals surface area (Å²) in [7, 11) is 0. The molecule has 0 saturated heterocycles. The third-order valence-corrected chi connectivity index (χ3v) is 3.44. The molecule has 0 amide bonds. The average molecular weight is 239 g/mol. The fraction of sp³-hybridized carbons (Fsp3) is 0.167. The van der Waals surface area contributed by atoms with E-state index in [0.29, 0.717) is 17.7 Å². The van der Waals surface area contributed by atoms with Crippen molar-refractivity contribution >= 4 is 11.3 Å². The van der Waals surface area contributed by atoms with E-state index >= 15 is 0 Å². The van der Waals surface area contributed by atoms with Gasteiger partial charge >= 0.3 is 0 Å². The van der Waals surface area contributed by atoms with Gasteiger partial charge in [0.05, 0.1) is 0 Å². The molecule has 0 bridgehead atoms. The van der Waals surface area contributed by atoms with Crippen LogP contribution in [0, 0.1) is 18.6 Å². The molecule has 1 nitrogen and oxygen atoms in total. The summed E-state index contributed by atoms with van der Waals surface area (Å²) < 4.78 is 27.1. The molecule has 1 aromatic carbocycles. The van der Waals surface area contributed by atoms with E-state index < -0.39 is 11.6 Å². The van der Waals surface area contributed by atoms with Crippen molar-refractivity contribution in [3.63, 3.8) is 0 Å². The maximum atomic E-state index is 13.7. The summed E-state index contributed by atoms with van der Waals surface area (Å²) in [5.74, 6) is -1.58. The monoisotopic (exact) mass is 239 g/mol. The van der Waals surface area contributed by atoms with E-state index in [4.69, 9.17) is 5.73 Å². The Balaban J connectivity index is 2.61. The first-order valence-corrected chi connectivity index (χ1v) is 5.74. The summed E-state index contributed by atoms with van der Waals surface area (Å²) in [4.78, 5) is 0.863. The van der Waals surface area contributed by atoms with Crippen LogP contribution in [-0.2, 0) is 6.54 Å². The van der Waals surface area contributed by atoms with Crippen LogP contribution >= 0.6 is 11.3 Å². The Kier molecular flexibility index (Phi) is 3.03. The van der Waals surface area contributed by atoms with Crippen LogP contribution in [0.2, 0.25) is 0 Å². The lowest BCUT2D eigenvalue weighted by atomic mass is 10.0. The molecule has 84 valence electrons. The molecule has 4 heteroatoms. The van der Waals surface area contributed by atoms with E-state index in [1.165, 1.54) is 11.3 Å². The van der Waals surface area contributed by atoms with Gasteiger partial charge in [-0.3, -0.25) is 0 Å². The zero-order valence-corrected chi connectivity index (χ0v) is 9.57. The lowest BCUT2D eigenvalue weighted by Gasteiger charge is -2.06. The second-order valence-electron chi connectivity index (χ2n) is 3.52. The summed E-state index contributed by atoms with van der Waals surface area (Å²) in [6.45, 7) is 1.88. The van der Waals surface area contributed by atoms with Gasteiger partial charge in [0.15, 0.2) is 11.6 Å². The number of aryl methyl sites for hydroxylation is 1. The summed E-state index contributed by atoms with van der Waals surface area (Å²) in [5.41, 5.74) is 6.82. The summed E-state index contributed by atoms with van der Waals surface area (Å²) in [6, 6.07) is 4.93. The van der Waals surface area contributed by atoms with Crippen LogP contribution in [0.25, 0.3) is 11.1 Å². The third kappa shape index (κ3) is 1.74. The molecule has 1 aromatic heterocycles. The number of thiophene rings is 1. The Labute approximate surface area is 96.5 Å². The largest absolute Gasteiger partial charge is 0.326 e. The highest BCUT2D eigenvalue weighted by Crippen LogP contribution is 2.31. The van der Waals surface area contributed by atoms with Crippen LogP contribution in [0.1, 0.15) is 10.4 Å². The van der Waals surface area contributed by atoms with Crippen molar-refractivity contribution < 1.29 is 8.78 Å². The molecule has 2 rings (SSSR count). The van der Waals surface area contributed by atoms with Gasteiger partial charge in [-0.05, 0) is 29.5 Å². The number of nitrogens with two attached hydrogens (primary N) is 1. The molecule has 0 unspecified atom stereocenters. The third-order valence-electron chi connectivity index (χ3n) is 2.50. The van der Waals surface area contributed by atoms with Gasteiger partial charge in [0.1, 0.15) is 0 Å². The number of rotatable bonds is 2. The van der Waals surface area contributed by atoms with Crippen molar-refractivity contribution in [3.8, 4) is 11.1 Å². The van der Waals surface area contributed by atoms with Crippen LogP contribution in [-0.4, -0.2) is 0 Å². The van der Waals surface area contributed by atoms with E-state index in [0.717, 1.165) is 4.88 Å². The molecule has 0 atom stereocenters. The lowest BCUT2D eigenvalue weighted by molar-refractivity contribution is 0.505. The molecule has 0 saturated carbocycles. The van der Waals surface area contributed by atoms with Crippen molar-refractivity contribution in [2.24, 2.45) is 5.73 Å². The molecule has 2 N–H and O–H groups in total. The van der Waals surface area contributed by atoms with Crippen molar-refractivity contribution in [1.29, 1.82) is 0 Å². The van der Waals surface area contributed by atoms with Gasteiger partial charge in [-0.15, -0.1) is 11.3 Å². The van der Waals surface area contributed by atoms with E-state index in [2.05, 4.69) is 0 Å². The maximum absolute atomic E-state index is 13.7. The number of benzene rings is 1. The highest BCUT2D eigenvalue weighted by molar-refractivity contribution is 7.10. The van der Waals surface area contributed by atoms with Gasteiger partial charge in [-0.25, -0.2) is 8.78 Å². The molecule has 16 heavy (non-hydrogen) atoms. The standard InChI is InChI=1S/C12H11F2NS/c1-7-2-3-9(12(14)11(7)13)8-4-5-16-10(8)6-15/h2-5H,6,15H2,1H3. The minimum Gasteiger partial charge on any atom is -0.326 e. The predicted octanol–water partition coefficient (Wildman–Crippen LogP) is 3.46. The van der Waals surface area contributed by atoms with Gasteiger partial charge in [0, 0.05) is 17.0 Å². The fourth-order valence-corrected chi connectivity index (χ4v) is 2.36. The second kappa shape index (κ2) is 4.31. The molecule has 0 aliphatic rings. The second-order valence-corrected chi connectivity index (χ2v) is 4.52. The topological polar surface area (TPSA) is 26.0 Å². The number of hydrogen-bond donors (Lipinski definition) is 1. The Morgan fingerprint density at radius 3 is 2.56 bits per heavy atom. The SMILES string of the molecule is Cc1ccc(-c2ccsc2CN)c(F)c1F. The predicted molar refractivity (Wildman–Crippen MR) is 62.3 cm³/mol. The molecular formula is C12H11F2NS. The van der Waals surface area contributed by atoms with Crippen molar-refractivity contribution in [3.05, 3.63) is 45.7 Å². The molecule has 1 heterocycles. The van der Waals surface area contributed by atoms with Gasteiger partial charge in [0.25, 0.3) is 0 Å². The molecular weight excluding hydrogens is 228 g/mol. The minimum atomic E-state index is -0.798. The van der Waals surface area contributed by atoms with E-state index in [1.807, 2.05) is 5.38 Å². The Hall–Kier alpha value is -1.26. The summed E-state index contributed by atoms with van der Waals surface area (Å²) >= 11 is 1.45. The first-order chi connectivity index (χ1) is 7.65. The van der Waals surface area contributed by atoms with Gasteiger partial charge < -0.3 is 5.73 Å². The highest BCUT2D eigenvalue weighted by Gasteiger charge is 2.15. The van der Waals surface area contributed by atoms with Gasteiger partial charge in [0.2, 0.25) is 0 Å². The van der Waals surface area contributed by atoms with Gasteiger partial charge in [-0.1, -0.05) is 12.1 Å². The van der Waals surface area contributed by atoms with Crippen LogP contribution < -0.4 is 5.73 Å². The Bertz CT molecular complexity index is 520. The molecule has 2 aromatic rings. The Morgan fingerprint density at radius 1 is 1.12 bits per heavy atom. The number of halogens is 2. The van der Waals surface area contributed by atoms with E-state index in [-0.39, 0.29) is 5.56 Å². The minimum absolute atomic E-state index is 0.282. The average Bonchev–Trinajstić information content (AvgIpc) is 2.74. The van der Waals surface area contributed by atoms with Crippen molar-refractivity contribution in [2.45, 2.75) is 13.5 Å². The quantitative estimate of drug-likeness (QED) is 0.853. The van der Waals surface area contributed by atoms with Crippen LogP contribution in [0.5, 0.6) is 0 Å². The Morgan fingerprint density at radius 2 is 1.88 bits per heavy atom. The number of hydrogen-bond acceptors (Lipinski definition) is 2. The van der Waals surface area contributed by atoms with Crippen LogP contribution in [0.4, 0.5) is 8.78 Å². The zero-order valence-electron chi connectivity index (χ0n) is 8.76.